The Morgan fingerprint density at radius 1 is 0.529 bits per heavy atom. The van der Waals surface area contributed by atoms with Crippen molar-refractivity contribution in [2.75, 3.05) is 14.2 Å². The van der Waals surface area contributed by atoms with Gasteiger partial charge in [-0.2, -0.15) is 0 Å². The van der Waals surface area contributed by atoms with Gasteiger partial charge in [-0.1, -0.05) is 0 Å². The summed E-state index contributed by atoms with van der Waals surface area (Å²) in [5, 5.41) is 42.0. The lowest BCUT2D eigenvalue weighted by Gasteiger charge is -2.19. The van der Waals surface area contributed by atoms with Crippen LogP contribution in [0.1, 0.15) is 44.5 Å². The van der Waals surface area contributed by atoms with E-state index in [-0.39, 0.29) is 82.1 Å². The smallest absolute Gasteiger partial charge is 0.310 e. The van der Waals surface area contributed by atoms with Gasteiger partial charge in [0, 0.05) is 35.1 Å². The van der Waals surface area contributed by atoms with E-state index < -0.39 is 17.7 Å². The summed E-state index contributed by atoms with van der Waals surface area (Å²) < 4.78 is 9.41. The quantitative estimate of drug-likeness (QED) is 0.423. The zero-order chi connectivity index (χ0) is 25.9. The van der Waals surface area contributed by atoms with Crippen LogP contribution in [0.25, 0.3) is 0 Å². The molecule has 0 radical (unpaired) electrons. The average molecular weight is 475 g/mol. The standard InChI is InChI=1S/C25H30O9/c1-11-16(9-20(27)33-5)18(24(31)13(3)22(11)29)7-15(26)8-19-17(10-21(28)34-6)12(2)23(30)14(4)25(19)32/h29-32H,7-10H2,1-6H3. The number of esters is 2. The van der Waals surface area contributed by atoms with Crippen molar-refractivity contribution in [1.29, 1.82) is 0 Å². The van der Waals surface area contributed by atoms with Crippen LogP contribution in [0.15, 0.2) is 0 Å². The molecule has 0 spiro atoms. The van der Waals surface area contributed by atoms with Gasteiger partial charge in [-0.05, 0) is 49.9 Å². The number of phenols is 4. The zero-order valence-corrected chi connectivity index (χ0v) is 20.2. The molecule has 2 rings (SSSR count). The molecule has 2 aromatic carbocycles. The van der Waals surface area contributed by atoms with Gasteiger partial charge in [0.15, 0.2) is 0 Å². The van der Waals surface area contributed by atoms with Gasteiger partial charge in [0.25, 0.3) is 0 Å². The van der Waals surface area contributed by atoms with Crippen molar-refractivity contribution < 1.29 is 44.3 Å². The average Bonchev–Trinajstić information content (AvgIpc) is 2.82. The third kappa shape index (κ3) is 5.08. The lowest BCUT2D eigenvalue weighted by molar-refractivity contribution is -0.140. The number of rotatable bonds is 8. The monoisotopic (exact) mass is 474 g/mol. The first-order valence-corrected chi connectivity index (χ1v) is 10.6. The molecular formula is C25H30O9. The highest BCUT2D eigenvalue weighted by Gasteiger charge is 2.26. The van der Waals surface area contributed by atoms with Gasteiger partial charge in [0.2, 0.25) is 0 Å². The van der Waals surface area contributed by atoms with Crippen LogP contribution in [0, 0.1) is 27.7 Å². The van der Waals surface area contributed by atoms with Crippen LogP contribution in [-0.4, -0.2) is 52.4 Å². The summed E-state index contributed by atoms with van der Waals surface area (Å²) in [7, 11) is 2.41. The van der Waals surface area contributed by atoms with Gasteiger partial charge in [0.05, 0.1) is 27.1 Å². The third-order valence-electron chi connectivity index (χ3n) is 6.18. The van der Waals surface area contributed by atoms with Crippen molar-refractivity contribution in [2.45, 2.75) is 53.4 Å². The number of phenolic OH excluding ortho intramolecular Hbond substituents is 4. The molecule has 0 aliphatic rings. The fourth-order valence-electron chi connectivity index (χ4n) is 4.01. The maximum absolute atomic E-state index is 13.1. The lowest BCUT2D eigenvalue weighted by Crippen LogP contribution is -2.16. The Balaban J connectivity index is 2.55. The number of carbonyl (C=O) groups is 3. The Labute approximate surface area is 197 Å². The van der Waals surface area contributed by atoms with Crippen LogP contribution in [0.5, 0.6) is 23.0 Å². The molecule has 4 N–H and O–H groups in total. The molecule has 2 aromatic rings. The number of methoxy groups -OCH3 is 2. The zero-order valence-electron chi connectivity index (χ0n) is 20.2. The second-order valence-corrected chi connectivity index (χ2v) is 8.21. The molecule has 0 aliphatic heterocycles. The van der Waals surface area contributed by atoms with E-state index >= 15 is 0 Å². The molecule has 0 amide bonds. The molecule has 9 heteroatoms. The van der Waals surface area contributed by atoms with E-state index in [0.29, 0.717) is 11.1 Å². The maximum Gasteiger partial charge on any atom is 0.310 e. The first kappa shape index (κ1) is 26.5. The normalized spacial score (nSPS) is 10.8. The van der Waals surface area contributed by atoms with Crippen LogP contribution in [-0.2, 0) is 49.5 Å². The Kier molecular flexibility index (Phi) is 8.15. The van der Waals surface area contributed by atoms with Crippen LogP contribution in [0.3, 0.4) is 0 Å². The van der Waals surface area contributed by atoms with E-state index in [4.69, 9.17) is 9.47 Å². The molecule has 184 valence electrons. The minimum absolute atomic E-state index is 0.166. The summed E-state index contributed by atoms with van der Waals surface area (Å²) in [6, 6.07) is 0. The summed E-state index contributed by atoms with van der Waals surface area (Å²) in [5.41, 5.74) is 1.91. The molecule has 0 saturated carbocycles. The summed E-state index contributed by atoms with van der Waals surface area (Å²) in [4.78, 5) is 37.0. The lowest BCUT2D eigenvalue weighted by atomic mass is 9.87. The number of Topliss-reactive ketones (excluding diaryl/α,β-unsaturated/α-hetero) is 1. The second kappa shape index (κ2) is 10.5. The van der Waals surface area contributed by atoms with Crippen LogP contribution in [0.4, 0.5) is 0 Å². The van der Waals surface area contributed by atoms with Gasteiger partial charge >= 0.3 is 11.9 Å². The highest BCUT2D eigenvalue weighted by Crippen LogP contribution is 2.40. The van der Waals surface area contributed by atoms with Gasteiger partial charge in [0.1, 0.15) is 28.8 Å². The molecule has 0 bridgehead atoms. The molecule has 34 heavy (non-hydrogen) atoms. The maximum atomic E-state index is 13.1. The Morgan fingerprint density at radius 3 is 1.15 bits per heavy atom. The van der Waals surface area contributed by atoms with Crippen LogP contribution >= 0.6 is 0 Å². The SMILES string of the molecule is COC(=O)Cc1c(C)c(O)c(C)c(O)c1CC(=O)Cc1c(O)c(C)c(O)c(C)c1CC(=O)OC. The largest absolute Gasteiger partial charge is 0.507 e. The minimum atomic E-state index is -0.609. The van der Waals surface area contributed by atoms with Gasteiger partial charge in [-0.3, -0.25) is 14.4 Å². The van der Waals surface area contributed by atoms with Crippen molar-refractivity contribution in [2.24, 2.45) is 0 Å². The number of carbonyl (C=O) groups excluding carboxylic acids is 3. The Hall–Kier alpha value is -3.75. The predicted molar refractivity (Wildman–Crippen MR) is 122 cm³/mol. The van der Waals surface area contributed by atoms with E-state index in [1.165, 1.54) is 28.1 Å². The summed E-state index contributed by atoms with van der Waals surface area (Å²) in [6.45, 7) is 6.11. The predicted octanol–water partition coefficient (Wildman–Crippen LogP) is 2.53. The van der Waals surface area contributed by atoms with E-state index in [1.807, 2.05) is 0 Å². The Bertz CT molecular complexity index is 1070. The third-order valence-corrected chi connectivity index (χ3v) is 6.18. The highest BCUT2D eigenvalue weighted by molar-refractivity contribution is 5.87. The number of ether oxygens (including phenoxy) is 2. The molecule has 0 aromatic heterocycles. The molecule has 0 heterocycles. The Morgan fingerprint density at radius 2 is 0.853 bits per heavy atom. The number of benzene rings is 2. The fourth-order valence-corrected chi connectivity index (χ4v) is 4.01. The molecule has 0 aliphatic carbocycles. The van der Waals surface area contributed by atoms with Crippen molar-refractivity contribution in [3.63, 3.8) is 0 Å². The summed E-state index contributed by atoms with van der Waals surface area (Å²) in [5.74, 6) is -2.65. The fraction of sp³-hybridized carbons (Fsp3) is 0.400. The first-order chi connectivity index (χ1) is 15.8. The van der Waals surface area contributed by atoms with Gasteiger partial charge in [-0.25, -0.2) is 0 Å². The van der Waals surface area contributed by atoms with E-state index in [0.717, 1.165) is 0 Å². The van der Waals surface area contributed by atoms with E-state index in [9.17, 15) is 34.8 Å². The van der Waals surface area contributed by atoms with Crippen molar-refractivity contribution in [1.82, 2.24) is 0 Å². The number of ketones is 1. The van der Waals surface area contributed by atoms with Crippen molar-refractivity contribution >= 4 is 17.7 Å². The van der Waals surface area contributed by atoms with E-state index in [1.54, 1.807) is 13.8 Å². The number of hydrogen-bond donors (Lipinski definition) is 4. The molecule has 0 fully saturated rings. The highest BCUT2D eigenvalue weighted by atomic mass is 16.5. The van der Waals surface area contributed by atoms with Gasteiger partial charge in [-0.15, -0.1) is 0 Å². The van der Waals surface area contributed by atoms with Crippen molar-refractivity contribution in [3.8, 4) is 23.0 Å². The molecule has 0 atom stereocenters. The number of hydrogen-bond acceptors (Lipinski definition) is 9. The van der Waals surface area contributed by atoms with Crippen molar-refractivity contribution in [3.05, 3.63) is 44.5 Å². The molecular weight excluding hydrogens is 444 g/mol. The van der Waals surface area contributed by atoms with Crippen LogP contribution in [0.2, 0.25) is 0 Å². The summed E-state index contributed by atoms with van der Waals surface area (Å²) >= 11 is 0. The molecule has 0 unspecified atom stereocenters. The first-order valence-electron chi connectivity index (χ1n) is 10.6. The van der Waals surface area contributed by atoms with Gasteiger partial charge < -0.3 is 29.9 Å². The molecule has 9 nitrogen and oxygen atoms in total. The van der Waals surface area contributed by atoms with Crippen LogP contribution < -0.4 is 0 Å². The minimum Gasteiger partial charge on any atom is -0.507 e. The number of aromatic hydroxyl groups is 4. The topological polar surface area (TPSA) is 151 Å². The second-order valence-electron chi connectivity index (χ2n) is 8.21. The van der Waals surface area contributed by atoms with E-state index in [2.05, 4.69) is 0 Å². The molecule has 0 saturated heterocycles. The summed E-state index contributed by atoms with van der Waals surface area (Å²) in [6.07, 6.45) is -1.14.